The second kappa shape index (κ2) is 6.73. The molecule has 0 saturated heterocycles. The third kappa shape index (κ3) is 3.92. The van der Waals surface area contributed by atoms with E-state index in [1.165, 1.54) is 24.3 Å². The summed E-state index contributed by atoms with van der Waals surface area (Å²) in [5, 5.41) is 5.97. The molecule has 6 nitrogen and oxygen atoms in total. The van der Waals surface area contributed by atoms with Gasteiger partial charge < -0.3 is 10.1 Å². The second-order valence-corrected chi connectivity index (χ2v) is 4.79. The van der Waals surface area contributed by atoms with Crippen molar-refractivity contribution in [2.75, 3.05) is 11.9 Å². The first-order chi connectivity index (χ1) is 11.2. The summed E-state index contributed by atoms with van der Waals surface area (Å²) < 4.78 is 43.5. The van der Waals surface area contributed by atoms with Crippen molar-refractivity contribution in [1.82, 2.24) is 9.78 Å². The van der Waals surface area contributed by atoms with Gasteiger partial charge in [-0.1, -0.05) is 0 Å². The average Bonchev–Trinajstić information content (AvgIpc) is 2.90. The van der Waals surface area contributed by atoms with Gasteiger partial charge in [0.05, 0.1) is 12.2 Å². The molecule has 0 unspecified atom stereocenters. The van der Waals surface area contributed by atoms with E-state index in [0.29, 0.717) is 22.0 Å². The maximum atomic E-state index is 12.7. The van der Waals surface area contributed by atoms with Gasteiger partial charge in [0.1, 0.15) is 5.69 Å². The van der Waals surface area contributed by atoms with Crippen molar-refractivity contribution < 1.29 is 27.5 Å². The van der Waals surface area contributed by atoms with Crippen molar-refractivity contribution >= 4 is 17.6 Å². The summed E-state index contributed by atoms with van der Waals surface area (Å²) in [6.45, 7) is 1.91. The van der Waals surface area contributed by atoms with Gasteiger partial charge in [-0.25, -0.2) is 4.79 Å². The first kappa shape index (κ1) is 17.5. The first-order valence-electron chi connectivity index (χ1n) is 6.92. The van der Waals surface area contributed by atoms with Gasteiger partial charge in [-0.05, 0) is 31.2 Å². The molecular formula is C15H14F3N3O3. The number of ether oxygens (including phenoxy) is 1. The van der Waals surface area contributed by atoms with E-state index in [-0.39, 0.29) is 12.3 Å². The quantitative estimate of drug-likeness (QED) is 0.868. The van der Waals surface area contributed by atoms with Crippen molar-refractivity contribution in [2.45, 2.75) is 13.1 Å². The number of nitrogens with zero attached hydrogens (tertiary/aromatic N) is 2. The minimum atomic E-state index is -4.60. The number of alkyl halides is 3. The summed E-state index contributed by atoms with van der Waals surface area (Å²) in [6, 6.07) is 6.43. The van der Waals surface area contributed by atoms with Crippen molar-refractivity contribution in [3.8, 4) is 0 Å². The molecule has 128 valence electrons. The van der Waals surface area contributed by atoms with Gasteiger partial charge in [-0.15, -0.1) is 0 Å². The van der Waals surface area contributed by atoms with Crippen molar-refractivity contribution in [2.24, 2.45) is 7.05 Å². The Hall–Kier alpha value is -2.84. The van der Waals surface area contributed by atoms with Crippen molar-refractivity contribution in [3.05, 3.63) is 47.3 Å². The summed E-state index contributed by atoms with van der Waals surface area (Å²) in [4.78, 5) is 23.5. The van der Waals surface area contributed by atoms with Crippen molar-refractivity contribution in [3.63, 3.8) is 0 Å². The van der Waals surface area contributed by atoms with Gasteiger partial charge in [-0.3, -0.25) is 9.48 Å². The number of benzene rings is 1. The van der Waals surface area contributed by atoms with E-state index in [1.54, 1.807) is 6.92 Å². The molecule has 0 aliphatic heterocycles. The topological polar surface area (TPSA) is 73.2 Å². The van der Waals surface area contributed by atoms with Crippen LogP contribution < -0.4 is 5.32 Å². The number of halogens is 3. The minimum Gasteiger partial charge on any atom is -0.462 e. The van der Waals surface area contributed by atoms with E-state index in [2.05, 4.69) is 10.4 Å². The number of nitrogens with one attached hydrogen (secondary N) is 1. The van der Waals surface area contributed by atoms with Gasteiger partial charge >= 0.3 is 12.1 Å². The lowest BCUT2D eigenvalue weighted by molar-refractivity contribution is -0.143. The van der Waals surface area contributed by atoms with Crippen LogP contribution in [0.4, 0.5) is 18.9 Å². The number of carbonyl (C=O) groups excluding carboxylic acids is 2. The summed E-state index contributed by atoms with van der Waals surface area (Å²) >= 11 is 0. The first-order valence-corrected chi connectivity index (χ1v) is 6.92. The van der Waals surface area contributed by atoms with E-state index in [4.69, 9.17) is 4.74 Å². The standard InChI is InChI=1S/C15H14F3N3O3/c1-3-24-14(23)9-4-6-10(7-5-9)19-13(22)11-8-12(15(16,17)18)21(2)20-11/h4-8H,3H2,1-2H3,(H,19,22). The molecule has 9 heteroatoms. The Morgan fingerprint density at radius 3 is 2.38 bits per heavy atom. The van der Waals surface area contributed by atoms with Crippen LogP contribution >= 0.6 is 0 Å². The Bertz CT molecular complexity index is 752. The molecule has 1 aromatic heterocycles. The van der Waals surface area contributed by atoms with Crippen LogP contribution in [0.25, 0.3) is 0 Å². The lowest BCUT2D eigenvalue weighted by Crippen LogP contribution is -2.13. The molecule has 0 radical (unpaired) electrons. The van der Waals surface area contributed by atoms with Gasteiger partial charge in [0, 0.05) is 18.8 Å². The van der Waals surface area contributed by atoms with Crippen LogP contribution in [-0.2, 0) is 18.0 Å². The highest BCUT2D eigenvalue weighted by molar-refractivity contribution is 6.03. The van der Waals surface area contributed by atoms with Crippen LogP contribution in [-0.4, -0.2) is 28.3 Å². The van der Waals surface area contributed by atoms with E-state index in [9.17, 15) is 22.8 Å². The van der Waals surface area contributed by atoms with E-state index < -0.39 is 23.7 Å². The molecule has 2 rings (SSSR count). The largest absolute Gasteiger partial charge is 0.462 e. The second-order valence-electron chi connectivity index (χ2n) is 4.79. The third-order valence-electron chi connectivity index (χ3n) is 3.06. The highest BCUT2D eigenvalue weighted by Crippen LogP contribution is 2.29. The molecule has 2 aromatic rings. The Kier molecular flexibility index (Phi) is 4.91. The third-order valence-corrected chi connectivity index (χ3v) is 3.06. The number of rotatable bonds is 4. The van der Waals surface area contributed by atoms with Gasteiger partial charge in [0.2, 0.25) is 0 Å². The SMILES string of the molecule is CCOC(=O)c1ccc(NC(=O)c2cc(C(F)(F)F)n(C)n2)cc1. The molecule has 1 heterocycles. The molecule has 0 bridgehead atoms. The molecular weight excluding hydrogens is 327 g/mol. The monoisotopic (exact) mass is 341 g/mol. The molecule has 0 aliphatic rings. The van der Waals surface area contributed by atoms with E-state index in [0.717, 1.165) is 7.05 Å². The number of aryl methyl sites for hydroxylation is 1. The molecule has 0 saturated carbocycles. The molecule has 0 fully saturated rings. The molecule has 1 amide bonds. The van der Waals surface area contributed by atoms with Crippen LogP contribution in [0.5, 0.6) is 0 Å². The number of anilines is 1. The zero-order valence-corrected chi connectivity index (χ0v) is 12.8. The lowest BCUT2D eigenvalue weighted by Gasteiger charge is -2.05. The normalized spacial score (nSPS) is 11.2. The van der Waals surface area contributed by atoms with Gasteiger partial charge in [0.25, 0.3) is 5.91 Å². The maximum absolute atomic E-state index is 12.7. The van der Waals surface area contributed by atoms with Crippen LogP contribution in [0.2, 0.25) is 0 Å². The molecule has 1 aromatic carbocycles. The Labute approximate surface area is 135 Å². The van der Waals surface area contributed by atoms with E-state index >= 15 is 0 Å². The van der Waals surface area contributed by atoms with Gasteiger partial charge in [-0.2, -0.15) is 18.3 Å². The Morgan fingerprint density at radius 1 is 1.25 bits per heavy atom. The number of carbonyl (C=O) groups is 2. The molecule has 0 aliphatic carbocycles. The lowest BCUT2D eigenvalue weighted by atomic mass is 10.2. The molecule has 0 atom stereocenters. The van der Waals surface area contributed by atoms with Crippen LogP contribution in [0.15, 0.2) is 30.3 Å². The molecule has 24 heavy (non-hydrogen) atoms. The predicted octanol–water partition coefficient (Wildman–Crippen LogP) is 2.87. The van der Waals surface area contributed by atoms with Gasteiger partial charge in [0.15, 0.2) is 5.69 Å². The smallest absolute Gasteiger partial charge is 0.433 e. The fraction of sp³-hybridized carbons (Fsp3) is 0.267. The fourth-order valence-corrected chi connectivity index (χ4v) is 1.94. The maximum Gasteiger partial charge on any atom is 0.433 e. The number of esters is 1. The Morgan fingerprint density at radius 2 is 1.88 bits per heavy atom. The van der Waals surface area contributed by atoms with Crippen molar-refractivity contribution in [1.29, 1.82) is 0 Å². The predicted molar refractivity (Wildman–Crippen MR) is 78.6 cm³/mol. The summed E-state index contributed by atoms with van der Waals surface area (Å²) in [7, 11) is 1.10. The van der Waals surface area contributed by atoms with Crippen LogP contribution in [0.1, 0.15) is 33.5 Å². The Balaban J connectivity index is 2.11. The zero-order chi connectivity index (χ0) is 17.9. The summed E-state index contributed by atoms with van der Waals surface area (Å²) in [6.07, 6.45) is -4.60. The van der Waals surface area contributed by atoms with Crippen LogP contribution in [0.3, 0.4) is 0 Å². The molecule has 1 N–H and O–H groups in total. The van der Waals surface area contributed by atoms with E-state index in [1.807, 2.05) is 0 Å². The average molecular weight is 341 g/mol. The highest BCUT2D eigenvalue weighted by Gasteiger charge is 2.35. The van der Waals surface area contributed by atoms with Crippen LogP contribution in [0, 0.1) is 0 Å². The highest BCUT2D eigenvalue weighted by atomic mass is 19.4. The minimum absolute atomic E-state index is 0.235. The number of amides is 1. The summed E-state index contributed by atoms with van der Waals surface area (Å²) in [5.41, 5.74) is -0.774. The summed E-state index contributed by atoms with van der Waals surface area (Å²) in [5.74, 6) is -1.29. The number of aromatic nitrogens is 2. The number of hydrogen-bond acceptors (Lipinski definition) is 4. The zero-order valence-electron chi connectivity index (χ0n) is 12.8. The molecule has 0 spiro atoms. The number of hydrogen-bond donors (Lipinski definition) is 1. The fourth-order valence-electron chi connectivity index (χ4n) is 1.94.